The van der Waals surface area contributed by atoms with E-state index in [2.05, 4.69) is 25.6 Å². The van der Waals surface area contributed by atoms with Crippen LogP contribution in [0.5, 0.6) is 0 Å². The molecule has 0 radical (unpaired) electrons. The molecule has 4 nitrogen and oxygen atoms in total. The van der Waals surface area contributed by atoms with E-state index in [0.29, 0.717) is 0 Å². The Morgan fingerprint density at radius 1 is 1.26 bits per heavy atom. The van der Waals surface area contributed by atoms with Gasteiger partial charge in [-0.25, -0.2) is 15.0 Å². The lowest BCUT2D eigenvalue weighted by atomic mass is 9.96. The van der Waals surface area contributed by atoms with Crippen molar-refractivity contribution in [2.45, 2.75) is 39.0 Å². The Kier molecular flexibility index (Phi) is 3.73. The number of nitrogens with zero attached hydrogens (tertiary/aromatic N) is 3. The molecule has 0 aromatic carbocycles. The fraction of sp³-hybridized carbons (Fsp3) is 0.500. The largest absolute Gasteiger partial charge is 0.369 e. The molecule has 0 aliphatic heterocycles. The van der Waals surface area contributed by atoms with Gasteiger partial charge in [0.2, 0.25) is 0 Å². The Labute approximate surface area is 117 Å². The first-order valence-electron chi connectivity index (χ1n) is 6.80. The van der Waals surface area contributed by atoms with Crippen molar-refractivity contribution in [1.82, 2.24) is 15.0 Å². The van der Waals surface area contributed by atoms with Gasteiger partial charge in [-0.2, -0.15) is 0 Å². The molecule has 100 valence electrons. The summed E-state index contributed by atoms with van der Waals surface area (Å²) in [6, 6.07) is 0. The van der Waals surface area contributed by atoms with Gasteiger partial charge >= 0.3 is 0 Å². The molecule has 19 heavy (non-hydrogen) atoms. The minimum Gasteiger partial charge on any atom is -0.369 e. The molecule has 5 heteroatoms. The number of aryl methyl sites for hydroxylation is 2. The third kappa shape index (κ3) is 2.92. The Balaban J connectivity index is 1.64. The van der Waals surface area contributed by atoms with Gasteiger partial charge in [-0.3, -0.25) is 0 Å². The van der Waals surface area contributed by atoms with Crippen LogP contribution < -0.4 is 5.32 Å². The van der Waals surface area contributed by atoms with Gasteiger partial charge in [-0.15, -0.1) is 11.3 Å². The lowest BCUT2D eigenvalue weighted by molar-refractivity contribution is 0.663. The van der Waals surface area contributed by atoms with E-state index < -0.39 is 0 Å². The maximum absolute atomic E-state index is 4.48. The summed E-state index contributed by atoms with van der Waals surface area (Å²) in [5.41, 5.74) is 3.72. The predicted molar refractivity (Wildman–Crippen MR) is 77.7 cm³/mol. The number of hydrogen-bond donors (Lipinski definition) is 1. The SMILES string of the molecule is Cc1nc(CCNc2ncnc3c2CCCC3)cs1. The molecular weight excluding hydrogens is 256 g/mol. The Bertz CT molecular complexity index is 564. The highest BCUT2D eigenvalue weighted by molar-refractivity contribution is 7.09. The van der Waals surface area contributed by atoms with Crippen LogP contribution >= 0.6 is 11.3 Å². The third-order valence-corrected chi connectivity index (χ3v) is 4.29. The maximum Gasteiger partial charge on any atom is 0.132 e. The van der Waals surface area contributed by atoms with Crippen LogP contribution in [-0.2, 0) is 19.3 Å². The van der Waals surface area contributed by atoms with Crippen molar-refractivity contribution in [2.75, 3.05) is 11.9 Å². The van der Waals surface area contributed by atoms with Crippen LogP contribution in [0.1, 0.15) is 34.8 Å². The molecule has 1 aliphatic rings. The highest BCUT2D eigenvalue weighted by Crippen LogP contribution is 2.24. The van der Waals surface area contributed by atoms with Crippen molar-refractivity contribution >= 4 is 17.2 Å². The zero-order chi connectivity index (χ0) is 13.1. The molecule has 0 atom stereocenters. The zero-order valence-electron chi connectivity index (χ0n) is 11.1. The number of fused-ring (bicyclic) bond motifs is 1. The van der Waals surface area contributed by atoms with Crippen molar-refractivity contribution in [3.05, 3.63) is 33.7 Å². The minimum absolute atomic E-state index is 0.882. The van der Waals surface area contributed by atoms with Crippen molar-refractivity contribution in [3.8, 4) is 0 Å². The first-order chi connectivity index (χ1) is 9.33. The van der Waals surface area contributed by atoms with Crippen LogP contribution in [0.4, 0.5) is 5.82 Å². The number of nitrogens with one attached hydrogen (secondary N) is 1. The first kappa shape index (κ1) is 12.5. The third-order valence-electron chi connectivity index (χ3n) is 3.47. The second kappa shape index (κ2) is 5.65. The highest BCUT2D eigenvalue weighted by atomic mass is 32.1. The molecule has 0 spiro atoms. The lowest BCUT2D eigenvalue weighted by Gasteiger charge is -2.17. The summed E-state index contributed by atoms with van der Waals surface area (Å²) < 4.78 is 0. The topological polar surface area (TPSA) is 50.7 Å². The Hall–Kier alpha value is -1.49. The Morgan fingerprint density at radius 3 is 3.00 bits per heavy atom. The van der Waals surface area contributed by atoms with Crippen molar-refractivity contribution < 1.29 is 0 Å². The number of rotatable bonds is 4. The smallest absolute Gasteiger partial charge is 0.132 e. The predicted octanol–water partition coefficient (Wildman–Crippen LogP) is 2.77. The summed E-state index contributed by atoms with van der Waals surface area (Å²) >= 11 is 1.71. The van der Waals surface area contributed by atoms with Gasteiger partial charge < -0.3 is 5.32 Å². The summed E-state index contributed by atoms with van der Waals surface area (Å²) in [4.78, 5) is 13.3. The lowest BCUT2D eigenvalue weighted by Crippen LogP contribution is -2.14. The summed E-state index contributed by atoms with van der Waals surface area (Å²) in [5.74, 6) is 1.02. The molecule has 0 unspecified atom stereocenters. The summed E-state index contributed by atoms with van der Waals surface area (Å²) in [7, 11) is 0. The molecule has 0 amide bonds. The van der Waals surface area contributed by atoms with E-state index in [0.717, 1.165) is 42.3 Å². The molecule has 2 aromatic rings. The molecule has 2 aromatic heterocycles. The molecule has 0 fully saturated rings. The standard InChI is InChI=1S/C14H18N4S/c1-10-18-11(8-19-10)6-7-15-14-12-4-2-3-5-13(12)16-9-17-14/h8-9H,2-7H2,1H3,(H,15,16,17). The van der Waals surface area contributed by atoms with Gasteiger partial charge in [-0.1, -0.05) is 0 Å². The van der Waals surface area contributed by atoms with Crippen LogP contribution in [0.15, 0.2) is 11.7 Å². The van der Waals surface area contributed by atoms with Crippen LogP contribution in [0.25, 0.3) is 0 Å². The molecule has 3 rings (SSSR count). The van der Waals surface area contributed by atoms with Gasteiger partial charge in [0.05, 0.1) is 10.7 Å². The first-order valence-corrected chi connectivity index (χ1v) is 7.68. The molecule has 0 saturated heterocycles. The van der Waals surface area contributed by atoms with Gasteiger partial charge in [0, 0.05) is 29.6 Å². The van der Waals surface area contributed by atoms with Gasteiger partial charge in [0.25, 0.3) is 0 Å². The van der Waals surface area contributed by atoms with E-state index >= 15 is 0 Å². The average Bonchev–Trinajstić information content (AvgIpc) is 2.85. The number of hydrogen-bond acceptors (Lipinski definition) is 5. The van der Waals surface area contributed by atoms with E-state index in [4.69, 9.17) is 0 Å². The van der Waals surface area contributed by atoms with Gasteiger partial charge in [0.1, 0.15) is 12.1 Å². The van der Waals surface area contributed by atoms with Gasteiger partial charge in [0.15, 0.2) is 0 Å². The van der Waals surface area contributed by atoms with Crippen LogP contribution in [0, 0.1) is 6.92 Å². The highest BCUT2D eigenvalue weighted by Gasteiger charge is 2.14. The Morgan fingerprint density at radius 2 is 2.16 bits per heavy atom. The monoisotopic (exact) mass is 274 g/mol. The summed E-state index contributed by atoms with van der Waals surface area (Å²) in [6.07, 6.45) is 7.33. The van der Waals surface area contributed by atoms with Crippen molar-refractivity contribution in [2.24, 2.45) is 0 Å². The average molecular weight is 274 g/mol. The molecular formula is C14H18N4S. The zero-order valence-corrected chi connectivity index (χ0v) is 12.0. The minimum atomic E-state index is 0.882. The maximum atomic E-state index is 4.48. The summed E-state index contributed by atoms with van der Waals surface area (Å²) in [6.45, 7) is 2.93. The van der Waals surface area contributed by atoms with E-state index in [1.807, 2.05) is 6.92 Å². The second-order valence-corrected chi connectivity index (χ2v) is 5.95. The van der Waals surface area contributed by atoms with E-state index in [9.17, 15) is 0 Å². The molecule has 1 aliphatic carbocycles. The van der Waals surface area contributed by atoms with E-state index in [1.54, 1.807) is 17.7 Å². The van der Waals surface area contributed by atoms with E-state index in [-0.39, 0.29) is 0 Å². The normalized spacial score (nSPS) is 14.2. The number of anilines is 1. The number of aromatic nitrogens is 3. The van der Waals surface area contributed by atoms with Crippen LogP contribution in [0.2, 0.25) is 0 Å². The fourth-order valence-corrected chi connectivity index (χ4v) is 3.15. The summed E-state index contributed by atoms with van der Waals surface area (Å²) in [5, 5.41) is 6.71. The molecule has 2 heterocycles. The molecule has 0 bridgehead atoms. The van der Waals surface area contributed by atoms with Crippen molar-refractivity contribution in [3.63, 3.8) is 0 Å². The molecule has 0 saturated carbocycles. The fourth-order valence-electron chi connectivity index (χ4n) is 2.51. The van der Waals surface area contributed by atoms with Crippen LogP contribution in [-0.4, -0.2) is 21.5 Å². The quantitative estimate of drug-likeness (QED) is 0.931. The van der Waals surface area contributed by atoms with Crippen LogP contribution in [0.3, 0.4) is 0 Å². The van der Waals surface area contributed by atoms with Crippen molar-refractivity contribution in [1.29, 1.82) is 0 Å². The van der Waals surface area contributed by atoms with E-state index in [1.165, 1.54) is 24.1 Å². The number of thiazole rings is 1. The second-order valence-electron chi connectivity index (χ2n) is 4.89. The van der Waals surface area contributed by atoms with Gasteiger partial charge in [-0.05, 0) is 32.6 Å². The molecule has 1 N–H and O–H groups in total.